The molecule has 23 heavy (non-hydrogen) atoms. The summed E-state index contributed by atoms with van der Waals surface area (Å²) in [6, 6.07) is 7.98. The van der Waals surface area contributed by atoms with Crippen LogP contribution in [-0.2, 0) is 16.1 Å². The van der Waals surface area contributed by atoms with Crippen LogP contribution in [0.2, 0.25) is 0 Å². The Kier molecular flexibility index (Phi) is 5.25. The van der Waals surface area contributed by atoms with Crippen molar-refractivity contribution in [3.05, 3.63) is 24.3 Å². The van der Waals surface area contributed by atoms with Gasteiger partial charge in [-0.05, 0) is 38.1 Å². The molecule has 2 heterocycles. The molecule has 0 saturated carbocycles. The van der Waals surface area contributed by atoms with E-state index in [9.17, 15) is 4.79 Å². The molecule has 1 fully saturated rings. The second-order valence-corrected chi connectivity index (χ2v) is 5.96. The van der Waals surface area contributed by atoms with Gasteiger partial charge in [0, 0.05) is 20.2 Å². The van der Waals surface area contributed by atoms with Gasteiger partial charge in [0.2, 0.25) is 5.95 Å². The number of aromatic nitrogens is 2. The minimum Gasteiger partial charge on any atom is -0.375 e. The number of nitrogens with zero attached hydrogens (tertiary/aromatic N) is 3. The van der Waals surface area contributed by atoms with E-state index in [0.29, 0.717) is 5.95 Å². The number of fused-ring (bicyclic) bond motifs is 1. The van der Waals surface area contributed by atoms with Crippen molar-refractivity contribution in [2.24, 2.45) is 0 Å². The summed E-state index contributed by atoms with van der Waals surface area (Å²) in [5.41, 5.74) is 1.95. The van der Waals surface area contributed by atoms with Crippen molar-refractivity contribution in [2.75, 3.05) is 38.7 Å². The van der Waals surface area contributed by atoms with Gasteiger partial charge in [-0.3, -0.25) is 10.1 Å². The summed E-state index contributed by atoms with van der Waals surface area (Å²) in [7, 11) is 1.51. The highest BCUT2D eigenvalue weighted by atomic mass is 16.5. The first kappa shape index (κ1) is 16.0. The number of hydrogen-bond acceptors (Lipinski definition) is 4. The van der Waals surface area contributed by atoms with Crippen LogP contribution in [0.1, 0.15) is 19.3 Å². The van der Waals surface area contributed by atoms with E-state index >= 15 is 0 Å². The Labute approximate surface area is 136 Å². The number of carbonyl (C=O) groups is 1. The quantitative estimate of drug-likeness (QED) is 0.887. The van der Waals surface area contributed by atoms with E-state index in [1.807, 2.05) is 24.3 Å². The zero-order valence-electron chi connectivity index (χ0n) is 13.6. The van der Waals surface area contributed by atoms with Gasteiger partial charge in [-0.2, -0.15) is 0 Å². The lowest BCUT2D eigenvalue weighted by Crippen LogP contribution is -2.33. The molecule has 1 saturated heterocycles. The molecule has 0 aliphatic carbocycles. The maximum Gasteiger partial charge on any atom is 0.252 e. The summed E-state index contributed by atoms with van der Waals surface area (Å²) >= 11 is 0. The molecule has 1 amide bonds. The number of hydrogen-bond donors (Lipinski definition) is 1. The van der Waals surface area contributed by atoms with Crippen molar-refractivity contribution in [1.29, 1.82) is 0 Å². The van der Waals surface area contributed by atoms with Crippen LogP contribution in [0.3, 0.4) is 0 Å². The Morgan fingerprint density at radius 3 is 2.78 bits per heavy atom. The van der Waals surface area contributed by atoms with Crippen molar-refractivity contribution in [2.45, 2.75) is 25.8 Å². The van der Waals surface area contributed by atoms with E-state index in [2.05, 4.69) is 19.8 Å². The van der Waals surface area contributed by atoms with Gasteiger partial charge in [-0.25, -0.2) is 4.98 Å². The number of carbonyl (C=O) groups excluding carboxylic acids is 1. The smallest absolute Gasteiger partial charge is 0.252 e. The Bertz CT molecular complexity index is 662. The molecular formula is C17H24N4O2. The van der Waals surface area contributed by atoms with Crippen molar-refractivity contribution in [3.8, 4) is 0 Å². The molecular weight excluding hydrogens is 292 g/mol. The number of imidazole rings is 1. The molecule has 0 atom stereocenters. The van der Waals surface area contributed by atoms with Gasteiger partial charge in [-0.1, -0.05) is 18.6 Å². The minimum atomic E-state index is -0.179. The number of piperidine rings is 1. The topological polar surface area (TPSA) is 59.4 Å². The first-order chi connectivity index (χ1) is 11.3. The predicted molar refractivity (Wildman–Crippen MR) is 90.5 cm³/mol. The zero-order chi connectivity index (χ0) is 16.1. The molecule has 1 N–H and O–H groups in total. The monoisotopic (exact) mass is 316 g/mol. The van der Waals surface area contributed by atoms with E-state index in [1.54, 1.807) is 0 Å². The van der Waals surface area contributed by atoms with Gasteiger partial charge in [0.25, 0.3) is 5.91 Å². The van der Waals surface area contributed by atoms with Crippen LogP contribution in [0.4, 0.5) is 5.95 Å². The third-order valence-corrected chi connectivity index (χ3v) is 4.27. The number of benzene rings is 1. The molecule has 3 rings (SSSR count). The van der Waals surface area contributed by atoms with Crippen LogP contribution in [0, 0.1) is 0 Å². The molecule has 6 heteroatoms. The maximum absolute atomic E-state index is 11.8. The Morgan fingerprint density at radius 2 is 2.00 bits per heavy atom. The van der Waals surface area contributed by atoms with E-state index in [0.717, 1.165) is 37.2 Å². The van der Waals surface area contributed by atoms with Crippen LogP contribution in [-0.4, -0.2) is 53.7 Å². The number of para-hydroxylation sites is 2. The standard InChI is InChI=1S/C17H24N4O2/c1-23-13-16(22)19-17-18-14-7-3-4-8-15(14)21(17)12-11-20-9-5-2-6-10-20/h3-4,7-8H,2,5-6,9-13H2,1H3,(H,18,19,22). The van der Waals surface area contributed by atoms with E-state index in [-0.39, 0.29) is 12.5 Å². The van der Waals surface area contributed by atoms with Gasteiger partial charge in [0.1, 0.15) is 6.61 Å². The van der Waals surface area contributed by atoms with E-state index in [4.69, 9.17) is 4.74 Å². The second kappa shape index (κ2) is 7.57. The molecule has 1 aromatic carbocycles. The predicted octanol–water partition coefficient (Wildman–Crippen LogP) is 2.11. The van der Waals surface area contributed by atoms with Gasteiger partial charge >= 0.3 is 0 Å². The fourth-order valence-corrected chi connectivity index (χ4v) is 3.11. The lowest BCUT2D eigenvalue weighted by atomic mass is 10.1. The van der Waals surface area contributed by atoms with Gasteiger partial charge < -0.3 is 14.2 Å². The number of rotatable bonds is 6. The van der Waals surface area contributed by atoms with E-state index < -0.39 is 0 Å². The molecule has 6 nitrogen and oxygen atoms in total. The van der Waals surface area contributed by atoms with Crippen LogP contribution < -0.4 is 5.32 Å². The van der Waals surface area contributed by atoms with Gasteiger partial charge in [0.05, 0.1) is 11.0 Å². The fraction of sp³-hybridized carbons (Fsp3) is 0.529. The highest BCUT2D eigenvalue weighted by molar-refractivity contribution is 5.92. The van der Waals surface area contributed by atoms with E-state index in [1.165, 1.54) is 26.4 Å². The van der Waals surface area contributed by atoms with Crippen LogP contribution in [0.15, 0.2) is 24.3 Å². The van der Waals surface area contributed by atoms with Crippen LogP contribution in [0.25, 0.3) is 11.0 Å². The maximum atomic E-state index is 11.8. The van der Waals surface area contributed by atoms with Crippen molar-refractivity contribution >= 4 is 22.9 Å². The Morgan fingerprint density at radius 1 is 1.22 bits per heavy atom. The first-order valence-electron chi connectivity index (χ1n) is 8.24. The Hall–Kier alpha value is -1.92. The van der Waals surface area contributed by atoms with Gasteiger partial charge in [0.15, 0.2) is 0 Å². The number of methoxy groups -OCH3 is 1. The lowest BCUT2D eigenvalue weighted by Gasteiger charge is -2.26. The lowest BCUT2D eigenvalue weighted by molar-refractivity contribution is -0.119. The summed E-state index contributed by atoms with van der Waals surface area (Å²) in [4.78, 5) is 18.9. The zero-order valence-corrected chi connectivity index (χ0v) is 13.6. The van der Waals surface area contributed by atoms with Crippen molar-refractivity contribution in [1.82, 2.24) is 14.5 Å². The molecule has 0 bridgehead atoms. The number of ether oxygens (including phenoxy) is 1. The number of nitrogens with one attached hydrogen (secondary N) is 1. The normalized spacial score (nSPS) is 15.9. The third-order valence-electron chi connectivity index (χ3n) is 4.27. The highest BCUT2D eigenvalue weighted by Crippen LogP contribution is 2.20. The third kappa shape index (κ3) is 3.89. The SMILES string of the molecule is COCC(=O)Nc1nc2ccccc2n1CCN1CCCCC1. The largest absolute Gasteiger partial charge is 0.375 e. The fourth-order valence-electron chi connectivity index (χ4n) is 3.11. The summed E-state index contributed by atoms with van der Waals surface area (Å²) in [5, 5.41) is 2.86. The number of amides is 1. The molecule has 0 spiro atoms. The Balaban J connectivity index is 1.78. The minimum absolute atomic E-state index is 0.0370. The first-order valence-corrected chi connectivity index (χ1v) is 8.24. The average molecular weight is 316 g/mol. The molecule has 1 aromatic heterocycles. The van der Waals surface area contributed by atoms with Crippen LogP contribution in [0.5, 0.6) is 0 Å². The molecule has 2 aromatic rings. The number of likely N-dealkylation sites (tertiary alicyclic amines) is 1. The average Bonchev–Trinajstić information content (AvgIpc) is 2.91. The van der Waals surface area contributed by atoms with Crippen molar-refractivity contribution in [3.63, 3.8) is 0 Å². The van der Waals surface area contributed by atoms with Crippen LogP contribution >= 0.6 is 0 Å². The highest BCUT2D eigenvalue weighted by Gasteiger charge is 2.15. The summed E-state index contributed by atoms with van der Waals surface area (Å²) < 4.78 is 6.98. The summed E-state index contributed by atoms with van der Waals surface area (Å²) in [6.07, 6.45) is 3.90. The van der Waals surface area contributed by atoms with Gasteiger partial charge in [-0.15, -0.1) is 0 Å². The summed E-state index contributed by atoms with van der Waals surface area (Å²) in [6.45, 7) is 4.17. The number of anilines is 1. The van der Waals surface area contributed by atoms with Crippen molar-refractivity contribution < 1.29 is 9.53 Å². The second-order valence-electron chi connectivity index (χ2n) is 5.96. The molecule has 0 unspecified atom stereocenters. The molecule has 0 radical (unpaired) electrons. The summed E-state index contributed by atoms with van der Waals surface area (Å²) in [5.74, 6) is 0.423. The molecule has 124 valence electrons. The molecule has 1 aliphatic heterocycles. The molecule has 1 aliphatic rings.